The van der Waals surface area contributed by atoms with E-state index in [0.29, 0.717) is 27.7 Å². The molecular weight excluding hydrogens is 391 g/mol. The number of hydrogen-bond acceptors (Lipinski definition) is 5. The summed E-state index contributed by atoms with van der Waals surface area (Å²) in [6.45, 7) is 6.76. The third kappa shape index (κ3) is 4.90. The van der Waals surface area contributed by atoms with Gasteiger partial charge in [0.1, 0.15) is 10.9 Å². The molecule has 0 aliphatic rings. The summed E-state index contributed by atoms with van der Waals surface area (Å²) in [6.07, 6.45) is -1.06. The van der Waals surface area contributed by atoms with Crippen LogP contribution < -0.4 is 10.1 Å². The smallest absolute Gasteiger partial charge is 0.342 e. The summed E-state index contributed by atoms with van der Waals surface area (Å²) < 4.78 is 10.5. The number of nitrogens with one attached hydrogen (secondary N) is 1. The van der Waals surface area contributed by atoms with Gasteiger partial charge in [0.2, 0.25) is 0 Å². The van der Waals surface area contributed by atoms with E-state index in [1.165, 1.54) is 14.0 Å². The van der Waals surface area contributed by atoms with Crippen molar-refractivity contribution < 1.29 is 19.1 Å². The van der Waals surface area contributed by atoms with E-state index in [9.17, 15) is 9.59 Å². The minimum absolute atomic E-state index is 0.0418. The molecule has 1 heterocycles. The van der Waals surface area contributed by atoms with Gasteiger partial charge in [-0.25, -0.2) is 9.78 Å². The first-order chi connectivity index (χ1) is 12.6. The quantitative estimate of drug-likeness (QED) is 0.579. The Labute approximate surface area is 167 Å². The van der Waals surface area contributed by atoms with Crippen LogP contribution in [0.25, 0.3) is 0 Å². The molecule has 0 spiro atoms. The molecule has 0 aliphatic carbocycles. The van der Waals surface area contributed by atoms with Crippen LogP contribution in [0.2, 0.25) is 10.2 Å². The van der Waals surface area contributed by atoms with Crippen LogP contribution >= 0.6 is 23.2 Å². The third-order valence-corrected chi connectivity index (χ3v) is 4.58. The number of esters is 1. The number of nitrogens with zero attached hydrogens (tertiary/aromatic N) is 1. The molecule has 2 aromatic rings. The number of rotatable bonds is 5. The van der Waals surface area contributed by atoms with Gasteiger partial charge in [-0.1, -0.05) is 23.2 Å². The lowest BCUT2D eigenvalue weighted by Gasteiger charge is -2.17. The van der Waals surface area contributed by atoms with Gasteiger partial charge in [-0.3, -0.25) is 4.79 Å². The molecular formula is C19H20Cl2N2O4. The SMILES string of the molecule is COc1cc(Cl)c(C)cc1NC(=O)[C@H](C)OC(=O)c1c(C)cc(C)nc1Cl. The Morgan fingerprint density at radius 3 is 2.37 bits per heavy atom. The van der Waals surface area contributed by atoms with E-state index >= 15 is 0 Å². The number of methoxy groups -OCH3 is 1. The molecule has 0 saturated carbocycles. The van der Waals surface area contributed by atoms with Gasteiger partial charge in [0, 0.05) is 16.8 Å². The number of amides is 1. The standard InChI is InChI=1S/C19H20Cl2N2O4/c1-9-7-14(15(26-5)8-13(9)20)23-18(24)12(4)27-19(25)16-10(2)6-11(3)22-17(16)21/h6-8,12H,1-5H3,(H,23,24)/t12-/m0/s1. The van der Waals surface area contributed by atoms with Crippen LogP contribution in [-0.2, 0) is 9.53 Å². The van der Waals surface area contributed by atoms with Crippen molar-refractivity contribution in [3.8, 4) is 5.75 Å². The summed E-state index contributed by atoms with van der Waals surface area (Å²) in [5, 5.41) is 3.23. The average Bonchev–Trinajstić information content (AvgIpc) is 2.56. The molecule has 1 aromatic carbocycles. The van der Waals surface area contributed by atoms with E-state index in [-0.39, 0.29) is 10.7 Å². The first-order valence-electron chi connectivity index (χ1n) is 8.13. The zero-order valence-corrected chi connectivity index (χ0v) is 17.2. The molecule has 8 heteroatoms. The van der Waals surface area contributed by atoms with E-state index in [1.807, 2.05) is 0 Å². The maximum Gasteiger partial charge on any atom is 0.342 e. The molecule has 1 N–H and O–H groups in total. The van der Waals surface area contributed by atoms with Crippen molar-refractivity contribution in [3.63, 3.8) is 0 Å². The average molecular weight is 411 g/mol. The van der Waals surface area contributed by atoms with Crippen LogP contribution in [0.15, 0.2) is 18.2 Å². The Bertz CT molecular complexity index is 877. The van der Waals surface area contributed by atoms with Gasteiger partial charge in [-0.15, -0.1) is 0 Å². The Balaban J connectivity index is 2.15. The summed E-state index contributed by atoms with van der Waals surface area (Å²) in [7, 11) is 1.47. The molecule has 6 nitrogen and oxygen atoms in total. The van der Waals surface area contributed by atoms with Crippen LogP contribution in [0.1, 0.15) is 34.1 Å². The number of halogens is 2. The van der Waals surface area contributed by atoms with E-state index < -0.39 is 18.0 Å². The molecule has 2 rings (SSSR count). The Kier molecular flexibility index (Phi) is 6.68. The Morgan fingerprint density at radius 2 is 1.78 bits per heavy atom. The lowest BCUT2D eigenvalue weighted by Crippen LogP contribution is -2.30. The molecule has 0 radical (unpaired) electrons. The van der Waals surface area contributed by atoms with Gasteiger partial charge in [0.05, 0.1) is 18.4 Å². The predicted molar refractivity (Wildman–Crippen MR) is 105 cm³/mol. The zero-order chi connectivity index (χ0) is 20.3. The monoisotopic (exact) mass is 410 g/mol. The van der Waals surface area contributed by atoms with Crippen LogP contribution in [0.3, 0.4) is 0 Å². The first-order valence-corrected chi connectivity index (χ1v) is 8.89. The highest BCUT2D eigenvalue weighted by Crippen LogP contribution is 2.31. The van der Waals surface area contributed by atoms with Crippen molar-refractivity contribution in [2.45, 2.75) is 33.8 Å². The number of pyridine rings is 1. The molecule has 1 amide bonds. The number of hydrogen-bond donors (Lipinski definition) is 1. The minimum atomic E-state index is -1.06. The van der Waals surface area contributed by atoms with Crippen molar-refractivity contribution in [2.24, 2.45) is 0 Å². The molecule has 0 aliphatic heterocycles. The number of aromatic nitrogens is 1. The largest absolute Gasteiger partial charge is 0.495 e. The number of aryl methyl sites for hydroxylation is 3. The molecule has 0 saturated heterocycles. The van der Waals surface area contributed by atoms with Crippen molar-refractivity contribution in [1.82, 2.24) is 4.98 Å². The molecule has 1 atom stereocenters. The van der Waals surface area contributed by atoms with Crippen LogP contribution in [-0.4, -0.2) is 30.1 Å². The van der Waals surface area contributed by atoms with Gasteiger partial charge < -0.3 is 14.8 Å². The summed E-state index contributed by atoms with van der Waals surface area (Å²) in [6, 6.07) is 5.00. The highest BCUT2D eigenvalue weighted by atomic mass is 35.5. The molecule has 0 unspecified atom stereocenters. The normalized spacial score (nSPS) is 11.7. The molecule has 27 heavy (non-hydrogen) atoms. The molecule has 0 fully saturated rings. The fourth-order valence-electron chi connectivity index (χ4n) is 2.47. The topological polar surface area (TPSA) is 77.5 Å². The molecule has 0 bridgehead atoms. The second kappa shape index (κ2) is 8.59. The van der Waals surface area contributed by atoms with Crippen molar-refractivity contribution in [1.29, 1.82) is 0 Å². The van der Waals surface area contributed by atoms with E-state index in [1.54, 1.807) is 39.0 Å². The Hall–Kier alpha value is -2.31. The second-order valence-electron chi connectivity index (χ2n) is 6.08. The molecule has 1 aromatic heterocycles. The number of benzene rings is 1. The third-order valence-electron chi connectivity index (χ3n) is 3.90. The second-order valence-corrected chi connectivity index (χ2v) is 6.85. The fraction of sp³-hybridized carbons (Fsp3) is 0.316. The fourth-order valence-corrected chi connectivity index (χ4v) is 2.99. The number of carbonyl (C=O) groups is 2. The van der Waals surface area contributed by atoms with E-state index in [2.05, 4.69) is 10.3 Å². The lowest BCUT2D eigenvalue weighted by atomic mass is 10.1. The summed E-state index contributed by atoms with van der Waals surface area (Å²) in [4.78, 5) is 28.9. The minimum Gasteiger partial charge on any atom is -0.495 e. The van der Waals surface area contributed by atoms with E-state index in [4.69, 9.17) is 32.7 Å². The summed E-state index contributed by atoms with van der Waals surface area (Å²) in [5.74, 6) is -0.830. The predicted octanol–water partition coefficient (Wildman–Crippen LogP) is 4.51. The number of carbonyl (C=O) groups excluding carboxylic acids is 2. The van der Waals surface area contributed by atoms with Gasteiger partial charge >= 0.3 is 5.97 Å². The maximum absolute atomic E-state index is 12.4. The van der Waals surface area contributed by atoms with Gasteiger partial charge in [0.25, 0.3) is 5.91 Å². The van der Waals surface area contributed by atoms with Gasteiger partial charge in [-0.2, -0.15) is 0 Å². The van der Waals surface area contributed by atoms with Crippen LogP contribution in [0, 0.1) is 20.8 Å². The van der Waals surface area contributed by atoms with Crippen LogP contribution in [0.4, 0.5) is 5.69 Å². The lowest BCUT2D eigenvalue weighted by molar-refractivity contribution is -0.123. The molecule has 144 valence electrons. The zero-order valence-electron chi connectivity index (χ0n) is 15.6. The maximum atomic E-state index is 12.4. The van der Waals surface area contributed by atoms with E-state index in [0.717, 1.165) is 5.56 Å². The van der Waals surface area contributed by atoms with Crippen molar-refractivity contribution in [2.75, 3.05) is 12.4 Å². The first kappa shape index (κ1) is 21.0. The number of ether oxygens (including phenoxy) is 2. The number of anilines is 1. The van der Waals surface area contributed by atoms with Crippen LogP contribution in [0.5, 0.6) is 5.75 Å². The summed E-state index contributed by atoms with van der Waals surface area (Å²) >= 11 is 12.1. The van der Waals surface area contributed by atoms with Crippen molar-refractivity contribution in [3.05, 3.63) is 50.8 Å². The highest BCUT2D eigenvalue weighted by Gasteiger charge is 2.24. The van der Waals surface area contributed by atoms with Gasteiger partial charge in [-0.05, 0) is 51.0 Å². The Morgan fingerprint density at radius 1 is 1.11 bits per heavy atom. The summed E-state index contributed by atoms with van der Waals surface area (Å²) in [5.41, 5.74) is 2.65. The van der Waals surface area contributed by atoms with Crippen molar-refractivity contribution >= 4 is 40.8 Å². The van der Waals surface area contributed by atoms with Gasteiger partial charge in [0.15, 0.2) is 6.10 Å². The highest BCUT2D eigenvalue weighted by molar-refractivity contribution is 6.32.